The van der Waals surface area contributed by atoms with Crippen molar-refractivity contribution >= 4 is 19.0 Å². The quantitative estimate of drug-likeness (QED) is 0.482. The van der Waals surface area contributed by atoms with Crippen molar-refractivity contribution in [3.63, 3.8) is 0 Å². The Kier molecular flexibility index (Phi) is 1.75. The van der Waals surface area contributed by atoms with E-state index < -0.39 is 0 Å². The molecule has 3 heteroatoms. The molecule has 1 heterocycles. The molecule has 0 saturated heterocycles. The fourth-order valence-corrected chi connectivity index (χ4v) is 0.519. The van der Waals surface area contributed by atoms with Gasteiger partial charge in [0.15, 0.2) is 0 Å². The third kappa shape index (κ3) is 1.42. The Balaban J connectivity index is 2.66. The van der Waals surface area contributed by atoms with E-state index >= 15 is 0 Å². The topological polar surface area (TPSA) is 15.6 Å². The van der Waals surface area contributed by atoms with Crippen molar-refractivity contribution in [2.24, 2.45) is 4.99 Å². The third-order valence-electron chi connectivity index (χ3n) is 0.716. The fraction of sp³-hybridized carbons (Fsp3) is 0. The highest BCUT2D eigenvalue weighted by molar-refractivity contribution is 7.77. The fourth-order valence-electron chi connectivity index (χ4n) is 0.383. The molecule has 0 saturated carbocycles. The number of thiol groups is 1. The van der Waals surface area contributed by atoms with Crippen LogP contribution in [0.4, 0.5) is 0 Å². The first-order chi connectivity index (χ1) is 3.89. The molecule has 0 aromatic carbocycles. The van der Waals surface area contributed by atoms with Crippen LogP contribution in [0, 0.1) is 0 Å². The molecular formula is C5H6N2S. The van der Waals surface area contributed by atoms with Crippen molar-refractivity contribution in [3.8, 4) is 0 Å². The second-order valence-corrected chi connectivity index (χ2v) is 1.78. The van der Waals surface area contributed by atoms with Crippen LogP contribution in [0.15, 0.2) is 29.7 Å². The van der Waals surface area contributed by atoms with Gasteiger partial charge in [-0.15, -0.1) is 0 Å². The molecule has 2 nitrogen and oxygen atoms in total. The van der Waals surface area contributed by atoms with Gasteiger partial charge in [0.25, 0.3) is 0 Å². The summed E-state index contributed by atoms with van der Waals surface area (Å²) in [4.78, 5) is 3.84. The van der Waals surface area contributed by atoms with Gasteiger partial charge in [0, 0.05) is 24.8 Å². The van der Waals surface area contributed by atoms with Crippen LogP contribution in [0.3, 0.4) is 0 Å². The van der Waals surface area contributed by atoms with Crippen LogP contribution in [-0.4, -0.2) is 10.5 Å². The summed E-state index contributed by atoms with van der Waals surface area (Å²) >= 11 is 4.01. The average Bonchev–Trinajstić information content (AvgIpc) is 1.94. The molecule has 0 spiro atoms. The zero-order chi connectivity index (χ0) is 5.82. The van der Waals surface area contributed by atoms with E-state index in [2.05, 4.69) is 17.8 Å². The van der Waals surface area contributed by atoms with Crippen LogP contribution >= 0.6 is 12.8 Å². The van der Waals surface area contributed by atoms with Gasteiger partial charge in [-0.05, 0) is 6.08 Å². The normalized spacial score (nSPS) is 16.9. The lowest BCUT2D eigenvalue weighted by molar-refractivity contribution is 0.867. The highest BCUT2D eigenvalue weighted by Crippen LogP contribution is 1.97. The third-order valence-corrected chi connectivity index (χ3v) is 0.983. The number of allylic oxidation sites excluding steroid dienone is 1. The summed E-state index contributed by atoms with van der Waals surface area (Å²) in [6, 6.07) is 0. The molecule has 1 rings (SSSR count). The maximum absolute atomic E-state index is 4.01. The first-order valence-corrected chi connectivity index (χ1v) is 2.63. The first-order valence-electron chi connectivity index (χ1n) is 2.23. The number of nitrogens with zero attached hydrogens (tertiary/aromatic N) is 2. The summed E-state index contributed by atoms with van der Waals surface area (Å²) < 4.78 is 1.63. The Morgan fingerprint density at radius 2 is 2.25 bits per heavy atom. The second-order valence-electron chi connectivity index (χ2n) is 1.32. The van der Waals surface area contributed by atoms with Gasteiger partial charge >= 0.3 is 0 Å². The van der Waals surface area contributed by atoms with E-state index in [0.717, 1.165) is 0 Å². The van der Waals surface area contributed by atoms with Crippen LogP contribution in [0.25, 0.3) is 0 Å². The minimum atomic E-state index is 1.63. The summed E-state index contributed by atoms with van der Waals surface area (Å²) in [5.41, 5.74) is 0. The minimum Gasteiger partial charge on any atom is -0.300 e. The molecule has 0 fully saturated rings. The van der Waals surface area contributed by atoms with Crippen molar-refractivity contribution in [3.05, 3.63) is 24.7 Å². The standard InChI is InChI=1S/C5H6N2S/c8-7-4-1-2-6-3-5-7/h1-5,8H. The van der Waals surface area contributed by atoms with E-state index in [1.165, 1.54) is 0 Å². The molecule has 0 unspecified atom stereocenters. The SMILES string of the molecule is SN1C=CC=NC=C1. The Hall–Kier alpha value is -0.700. The summed E-state index contributed by atoms with van der Waals surface area (Å²) in [7, 11) is 0. The molecule has 0 aromatic rings. The number of hydrogen-bond donors (Lipinski definition) is 1. The summed E-state index contributed by atoms with van der Waals surface area (Å²) in [5, 5.41) is 0. The second kappa shape index (κ2) is 2.57. The smallest absolute Gasteiger partial charge is 0.0440 e. The zero-order valence-electron chi connectivity index (χ0n) is 4.23. The molecule has 0 aliphatic carbocycles. The lowest BCUT2D eigenvalue weighted by atomic mass is 10.7. The maximum Gasteiger partial charge on any atom is 0.0440 e. The lowest BCUT2D eigenvalue weighted by Crippen LogP contribution is -1.87. The molecule has 0 atom stereocenters. The van der Waals surface area contributed by atoms with Crippen LogP contribution in [0.2, 0.25) is 0 Å². The van der Waals surface area contributed by atoms with E-state index in [0.29, 0.717) is 0 Å². The molecule has 0 radical (unpaired) electrons. The van der Waals surface area contributed by atoms with E-state index in [1.807, 2.05) is 6.08 Å². The molecule has 0 bridgehead atoms. The Morgan fingerprint density at radius 3 is 3.12 bits per heavy atom. The van der Waals surface area contributed by atoms with Crippen molar-refractivity contribution in [1.29, 1.82) is 0 Å². The van der Waals surface area contributed by atoms with Crippen LogP contribution in [0.5, 0.6) is 0 Å². The predicted octanol–water partition coefficient (Wildman–Crippen LogP) is 1.20. The lowest BCUT2D eigenvalue weighted by Gasteiger charge is -1.99. The summed E-state index contributed by atoms with van der Waals surface area (Å²) in [6.45, 7) is 0. The summed E-state index contributed by atoms with van der Waals surface area (Å²) in [5.74, 6) is 0. The predicted molar refractivity (Wildman–Crippen MR) is 37.6 cm³/mol. The van der Waals surface area contributed by atoms with Gasteiger partial charge < -0.3 is 4.31 Å². The average molecular weight is 126 g/mol. The number of rotatable bonds is 0. The van der Waals surface area contributed by atoms with Gasteiger partial charge in [0.1, 0.15) is 0 Å². The Morgan fingerprint density at radius 1 is 1.38 bits per heavy atom. The molecule has 42 valence electrons. The van der Waals surface area contributed by atoms with E-state index in [-0.39, 0.29) is 0 Å². The molecule has 0 aromatic heterocycles. The summed E-state index contributed by atoms with van der Waals surface area (Å²) in [6.07, 6.45) is 8.74. The molecule has 8 heavy (non-hydrogen) atoms. The van der Waals surface area contributed by atoms with Crippen molar-refractivity contribution in [2.45, 2.75) is 0 Å². The highest BCUT2D eigenvalue weighted by Gasteiger charge is 1.81. The van der Waals surface area contributed by atoms with E-state index in [9.17, 15) is 0 Å². The van der Waals surface area contributed by atoms with Crippen molar-refractivity contribution in [2.75, 3.05) is 0 Å². The minimum absolute atomic E-state index is 1.63. The Labute approximate surface area is 53.8 Å². The van der Waals surface area contributed by atoms with Gasteiger partial charge in [-0.2, -0.15) is 0 Å². The van der Waals surface area contributed by atoms with Gasteiger partial charge in [0.2, 0.25) is 0 Å². The van der Waals surface area contributed by atoms with Crippen molar-refractivity contribution < 1.29 is 0 Å². The molecule has 0 N–H and O–H groups in total. The van der Waals surface area contributed by atoms with Crippen LogP contribution < -0.4 is 0 Å². The first kappa shape index (κ1) is 5.44. The van der Waals surface area contributed by atoms with Gasteiger partial charge in [-0.1, -0.05) is 12.8 Å². The molecule has 1 aliphatic rings. The van der Waals surface area contributed by atoms with E-state index in [1.54, 1.807) is 29.1 Å². The van der Waals surface area contributed by atoms with Crippen LogP contribution in [0.1, 0.15) is 0 Å². The Bertz CT molecular complexity index is 133. The molecular weight excluding hydrogens is 120 g/mol. The zero-order valence-corrected chi connectivity index (χ0v) is 5.12. The number of aliphatic imine (C=N–C) groups is 1. The molecule has 1 aliphatic heterocycles. The number of hydrogen-bond acceptors (Lipinski definition) is 3. The van der Waals surface area contributed by atoms with Crippen LogP contribution in [-0.2, 0) is 0 Å². The van der Waals surface area contributed by atoms with Gasteiger partial charge in [0.05, 0.1) is 0 Å². The van der Waals surface area contributed by atoms with Gasteiger partial charge in [-0.3, -0.25) is 4.99 Å². The maximum atomic E-state index is 4.01. The highest BCUT2D eigenvalue weighted by atomic mass is 32.1. The van der Waals surface area contributed by atoms with E-state index in [4.69, 9.17) is 0 Å². The monoisotopic (exact) mass is 126 g/mol. The largest absolute Gasteiger partial charge is 0.300 e. The van der Waals surface area contributed by atoms with Crippen molar-refractivity contribution in [1.82, 2.24) is 4.31 Å². The van der Waals surface area contributed by atoms with Gasteiger partial charge in [-0.25, -0.2) is 0 Å². The molecule has 0 amide bonds.